The first-order valence-corrected chi connectivity index (χ1v) is 10.3. The third-order valence-electron chi connectivity index (χ3n) is 4.90. The Bertz CT molecular complexity index is 862. The topological polar surface area (TPSA) is 116 Å². The fraction of sp³-hybridized carbons (Fsp3) is 0.471. The molecule has 26 heavy (non-hydrogen) atoms. The van der Waals surface area contributed by atoms with E-state index in [4.69, 9.17) is 11.6 Å². The molecule has 2 aliphatic carbocycles. The van der Waals surface area contributed by atoms with Gasteiger partial charge >= 0.3 is 6.03 Å². The largest absolute Gasteiger partial charge is 0.504 e. The van der Waals surface area contributed by atoms with Crippen molar-refractivity contribution >= 4 is 33.2 Å². The molecule has 1 aromatic rings. The summed E-state index contributed by atoms with van der Waals surface area (Å²) in [5.41, 5.74) is 1.03. The van der Waals surface area contributed by atoms with Gasteiger partial charge in [0.05, 0.1) is 28.1 Å². The summed E-state index contributed by atoms with van der Waals surface area (Å²) in [4.78, 5) is 11.8. The average molecular weight is 401 g/mol. The fourth-order valence-electron chi connectivity index (χ4n) is 3.23. The lowest BCUT2D eigenvalue weighted by Gasteiger charge is -2.31. The number of anilines is 1. The lowest BCUT2D eigenvalue weighted by Crippen LogP contribution is -2.39. The number of benzene rings is 1. The summed E-state index contributed by atoms with van der Waals surface area (Å²) in [6.07, 6.45) is 3.27. The predicted octanol–water partition coefficient (Wildman–Crippen LogP) is 2.57. The van der Waals surface area contributed by atoms with Gasteiger partial charge in [-0.3, -0.25) is 0 Å². The third kappa shape index (κ3) is 3.54. The first-order valence-electron chi connectivity index (χ1n) is 8.37. The van der Waals surface area contributed by atoms with Crippen molar-refractivity contribution in [2.45, 2.75) is 54.9 Å². The molecule has 0 heterocycles. The van der Waals surface area contributed by atoms with E-state index in [0.29, 0.717) is 0 Å². The highest BCUT2D eigenvalue weighted by atomic mass is 35.5. The van der Waals surface area contributed by atoms with Crippen LogP contribution in [0.15, 0.2) is 28.7 Å². The van der Waals surface area contributed by atoms with Crippen molar-refractivity contribution in [1.82, 2.24) is 5.32 Å². The number of nitrogens with one attached hydrogen (secondary N) is 2. The van der Waals surface area contributed by atoms with Gasteiger partial charge in [-0.25, -0.2) is 13.2 Å². The zero-order valence-electron chi connectivity index (χ0n) is 14.2. The number of phenolic OH excluding ortho intramolecular Hbond substituents is 1. The zero-order chi connectivity index (χ0) is 19.1. The van der Waals surface area contributed by atoms with Crippen LogP contribution in [0.3, 0.4) is 0 Å². The van der Waals surface area contributed by atoms with E-state index in [1.165, 1.54) is 12.1 Å². The molecule has 0 bridgehead atoms. The fourth-order valence-corrected chi connectivity index (χ4v) is 5.70. The second-order valence-corrected chi connectivity index (χ2v) is 9.31. The minimum atomic E-state index is -3.91. The Labute approximate surface area is 157 Å². The van der Waals surface area contributed by atoms with E-state index in [1.54, 1.807) is 0 Å². The van der Waals surface area contributed by atoms with Crippen molar-refractivity contribution in [3.8, 4) is 5.75 Å². The summed E-state index contributed by atoms with van der Waals surface area (Å²) in [5, 5.41) is 24.1. The van der Waals surface area contributed by atoms with Crippen LogP contribution in [0, 0.1) is 0 Å². The molecule has 9 heteroatoms. The summed E-state index contributed by atoms with van der Waals surface area (Å²) in [7, 11) is -3.91. The number of sulfone groups is 1. The van der Waals surface area contributed by atoms with E-state index < -0.39 is 37.9 Å². The van der Waals surface area contributed by atoms with E-state index in [-0.39, 0.29) is 29.6 Å². The Morgan fingerprint density at radius 1 is 1.31 bits per heavy atom. The number of aliphatic hydroxyl groups excluding tert-OH is 1. The molecule has 3 rings (SSSR count). The number of urea groups is 1. The van der Waals surface area contributed by atoms with Gasteiger partial charge in [0, 0.05) is 0 Å². The Kier molecular flexibility index (Phi) is 5.18. The molecule has 2 aliphatic rings. The summed E-state index contributed by atoms with van der Waals surface area (Å²) in [6, 6.07) is 2.05. The van der Waals surface area contributed by atoms with Crippen molar-refractivity contribution in [3.63, 3.8) is 0 Å². The Balaban J connectivity index is 1.81. The van der Waals surface area contributed by atoms with Gasteiger partial charge in [0.2, 0.25) is 0 Å². The molecule has 142 valence electrons. The molecule has 0 aromatic heterocycles. The standard InChI is InChI=1S/C17H21ClN2O5S/c1-9-3-2-4-13(9)19-17(23)20-14-6-5-12(18)16(15(14)22)26(24,25)11-7-10(21)8-11/h3,5-6,10-11,13,21-22H,2,4,7-8H2,1H3,(H2,19,20,23)/t10-,11+,13?. The van der Waals surface area contributed by atoms with Crippen molar-refractivity contribution in [1.29, 1.82) is 0 Å². The average Bonchev–Trinajstić information content (AvgIpc) is 2.92. The lowest BCUT2D eigenvalue weighted by atomic mass is 9.96. The maximum Gasteiger partial charge on any atom is 0.319 e. The molecular weight excluding hydrogens is 380 g/mol. The van der Waals surface area contributed by atoms with Gasteiger partial charge in [0.1, 0.15) is 4.90 Å². The van der Waals surface area contributed by atoms with Crippen LogP contribution in [0.25, 0.3) is 0 Å². The summed E-state index contributed by atoms with van der Waals surface area (Å²) in [5.74, 6) is -0.590. The molecular formula is C17H21ClN2O5S. The lowest BCUT2D eigenvalue weighted by molar-refractivity contribution is 0.0976. The van der Waals surface area contributed by atoms with Crippen molar-refractivity contribution < 1.29 is 23.4 Å². The molecule has 2 amide bonds. The SMILES string of the molecule is CC1=CCCC1NC(=O)Nc1ccc(Cl)c(S(=O)(=O)[C@H]2C[C@@H](O)C2)c1O. The van der Waals surface area contributed by atoms with Crippen molar-refractivity contribution in [3.05, 3.63) is 28.8 Å². The Hall–Kier alpha value is -1.77. The number of phenols is 1. The van der Waals surface area contributed by atoms with Crippen LogP contribution in [0.5, 0.6) is 5.75 Å². The van der Waals surface area contributed by atoms with Crippen LogP contribution in [-0.4, -0.2) is 42.1 Å². The second kappa shape index (κ2) is 7.09. The van der Waals surface area contributed by atoms with E-state index >= 15 is 0 Å². The number of halogens is 1. The number of allylic oxidation sites excluding steroid dienone is 1. The number of carbonyl (C=O) groups is 1. The zero-order valence-corrected chi connectivity index (χ0v) is 15.8. The third-order valence-corrected chi connectivity index (χ3v) is 7.57. The van der Waals surface area contributed by atoms with Crippen LogP contribution in [0.1, 0.15) is 32.6 Å². The van der Waals surface area contributed by atoms with Crippen molar-refractivity contribution in [2.24, 2.45) is 0 Å². The molecule has 0 radical (unpaired) electrons. The Morgan fingerprint density at radius 2 is 2.00 bits per heavy atom. The first kappa shape index (κ1) is 19.0. The van der Waals surface area contributed by atoms with E-state index in [1.807, 2.05) is 13.0 Å². The molecule has 1 saturated carbocycles. The van der Waals surface area contributed by atoms with Crippen LogP contribution in [0.2, 0.25) is 5.02 Å². The summed E-state index contributed by atoms with van der Waals surface area (Å²) < 4.78 is 25.3. The van der Waals surface area contributed by atoms with Gasteiger partial charge in [-0.1, -0.05) is 23.3 Å². The minimum Gasteiger partial charge on any atom is -0.504 e. The van der Waals surface area contributed by atoms with Gasteiger partial charge in [-0.05, 0) is 44.7 Å². The number of hydrogen-bond donors (Lipinski definition) is 4. The minimum absolute atomic E-state index is 0.0371. The maximum absolute atomic E-state index is 12.7. The number of aromatic hydroxyl groups is 1. The van der Waals surface area contributed by atoms with Gasteiger partial charge < -0.3 is 20.8 Å². The molecule has 1 unspecified atom stereocenters. The number of carbonyl (C=O) groups excluding carboxylic acids is 1. The second-order valence-electron chi connectivity index (χ2n) is 6.74. The molecule has 0 spiro atoms. The molecule has 0 aliphatic heterocycles. The number of hydrogen-bond acceptors (Lipinski definition) is 5. The quantitative estimate of drug-likeness (QED) is 0.458. The first-order chi connectivity index (χ1) is 12.2. The summed E-state index contributed by atoms with van der Waals surface area (Å²) in [6.45, 7) is 1.93. The van der Waals surface area contributed by atoms with E-state index in [9.17, 15) is 23.4 Å². The molecule has 4 N–H and O–H groups in total. The molecule has 1 atom stereocenters. The Morgan fingerprint density at radius 3 is 2.58 bits per heavy atom. The summed E-state index contributed by atoms with van der Waals surface area (Å²) >= 11 is 6.00. The normalized spacial score (nSPS) is 25.3. The van der Waals surface area contributed by atoms with Gasteiger partial charge in [0.25, 0.3) is 0 Å². The van der Waals surface area contributed by atoms with Gasteiger partial charge in [0.15, 0.2) is 15.6 Å². The van der Waals surface area contributed by atoms with E-state index in [0.717, 1.165) is 18.4 Å². The highest BCUT2D eigenvalue weighted by Gasteiger charge is 2.41. The molecule has 7 nitrogen and oxygen atoms in total. The monoisotopic (exact) mass is 400 g/mol. The maximum atomic E-state index is 12.7. The highest BCUT2D eigenvalue weighted by Crippen LogP contribution is 2.42. The molecule has 0 saturated heterocycles. The van der Waals surface area contributed by atoms with Crippen LogP contribution >= 0.6 is 11.6 Å². The predicted molar refractivity (Wildman–Crippen MR) is 98.3 cm³/mol. The molecule has 1 aromatic carbocycles. The number of rotatable bonds is 4. The molecule has 1 fully saturated rings. The van der Waals surface area contributed by atoms with Crippen LogP contribution < -0.4 is 10.6 Å². The van der Waals surface area contributed by atoms with E-state index in [2.05, 4.69) is 10.6 Å². The van der Waals surface area contributed by atoms with Gasteiger partial charge in [-0.2, -0.15) is 0 Å². The van der Waals surface area contributed by atoms with Crippen LogP contribution in [-0.2, 0) is 9.84 Å². The van der Waals surface area contributed by atoms with Gasteiger partial charge in [-0.15, -0.1) is 0 Å². The number of aliphatic hydroxyl groups is 1. The van der Waals surface area contributed by atoms with Crippen molar-refractivity contribution in [2.75, 3.05) is 5.32 Å². The number of amides is 2. The van der Waals surface area contributed by atoms with Crippen LogP contribution in [0.4, 0.5) is 10.5 Å². The smallest absolute Gasteiger partial charge is 0.319 e. The highest BCUT2D eigenvalue weighted by molar-refractivity contribution is 7.92.